The SMILES string of the molecule is CC(C)(C)OC(=O)NC12CCC(CNC(=O)OCc3ccccc3)(CC1)C2. The van der Waals surface area contributed by atoms with Crippen LogP contribution in [0.15, 0.2) is 30.3 Å². The summed E-state index contributed by atoms with van der Waals surface area (Å²) in [4.78, 5) is 24.2. The Balaban J connectivity index is 1.45. The second kappa shape index (κ2) is 7.41. The maximum Gasteiger partial charge on any atom is 0.408 e. The molecule has 3 rings (SSSR count). The van der Waals surface area contributed by atoms with Gasteiger partial charge >= 0.3 is 12.2 Å². The molecule has 0 aliphatic heterocycles. The molecule has 2 aliphatic carbocycles. The van der Waals surface area contributed by atoms with Crippen LogP contribution in [-0.2, 0) is 16.1 Å². The second-order valence-electron chi connectivity index (χ2n) is 9.00. The molecule has 2 fully saturated rings. The van der Waals surface area contributed by atoms with Gasteiger partial charge in [-0.3, -0.25) is 0 Å². The molecular weight excluding hydrogens is 344 g/mol. The number of rotatable bonds is 5. The molecule has 0 saturated heterocycles. The number of alkyl carbamates (subject to hydrolysis) is 2. The standard InChI is InChI=1S/C21H30N2O4/c1-19(2,3)27-18(25)23-21-11-9-20(14-21,10-12-21)15-22-17(24)26-13-16-7-5-4-6-8-16/h4-8H,9-15H2,1-3H3,(H,22,24)(H,23,25). The fourth-order valence-corrected chi connectivity index (χ4v) is 4.29. The maximum absolute atomic E-state index is 12.2. The Hall–Kier alpha value is -2.24. The summed E-state index contributed by atoms with van der Waals surface area (Å²) in [5, 5.41) is 6.01. The molecule has 0 aromatic heterocycles. The first-order valence-corrected chi connectivity index (χ1v) is 9.65. The molecule has 0 heterocycles. The zero-order chi connectivity index (χ0) is 19.5. The van der Waals surface area contributed by atoms with Crippen molar-refractivity contribution in [3.8, 4) is 0 Å². The molecule has 27 heavy (non-hydrogen) atoms. The van der Waals surface area contributed by atoms with E-state index in [9.17, 15) is 9.59 Å². The van der Waals surface area contributed by atoms with Crippen molar-refractivity contribution in [2.24, 2.45) is 5.41 Å². The summed E-state index contributed by atoms with van der Waals surface area (Å²) in [6, 6.07) is 9.63. The van der Waals surface area contributed by atoms with Crippen molar-refractivity contribution in [2.75, 3.05) is 6.54 Å². The summed E-state index contributed by atoms with van der Waals surface area (Å²) in [6.07, 6.45) is 3.95. The predicted octanol–water partition coefficient (Wildman–Crippen LogP) is 4.14. The minimum absolute atomic E-state index is 0.0424. The van der Waals surface area contributed by atoms with Crippen LogP contribution in [0, 0.1) is 5.41 Å². The van der Waals surface area contributed by atoms with Gasteiger partial charge in [-0.15, -0.1) is 0 Å². The zero-order valence-electron chi connectivity index (χ0n) is 16.5. The van der Waals surface area contributed by atoms with Gasteiger partial charge in [0.15, 0.2) is 0 Å². The highest BCUT2D eigenvalue weighted by molar-refractivity contribution is 5.69. The highest BCUT2D eigenvalue weighted by Gasteiger charge is 2.55. The van der Waals surface area contributed by atoms with Gasteiger partial charge < -0.3 is 20.1 Å². The number of carbonyl (C=O) groups is 2. The van der Waals surface area contributed by atoms with Gasteiger partial charge in [0.25, 0.3) is 0 Å². The van der Waals surface area contributed by atoms with Crippen molar-refractivity contribution in [1.29, 1.82) is 0 Å². The van der Waals surface area contributed by atoms with Crippen LogP contribution >= 0.6 is 0 Å². The number of hydrogen-bond donors (Lipinski definition) is 2. The quantitative estimate of drug-likeness (QED) is 0.812. The Morgan fingerprint density at radius 1 is 1.04 bits per heavy atom. The van der Waals surface area contributed by atoms with Crippen LogP contribution in [0.5, 0.6) is 0 Å². The van der Waals surface area contributed by atoms with Crippen molar-refractivity contribution in [3.05, 3.63) is 35.9 Å². The van der Waals surface area contributed by atoms with E-state index in [4.69, 9.17) is 9.47 Å². The van der Waals surface area contributed by atoms with E-state index >= 15 is 0 Å². The van der Waals surface area contributed by atoms with Crippen LogP contribution in [0.1, 0.15) is 58.4 Å². The average Bonchev–Trinajstić information content (AvgIpc) is 3.13. The molecule has 6 heteroatoms. The summed E-state index contributed by atoms with van der Waals surface area (Å²) < 4.78 is 10.7. The molecule has 2 saturated carbocycles. The van der Waals surface area contributed by atoms with E-state index < -0.39 is 11.7 Å². The number of nitrogens with one attached hydrogen (secondary N) is 2. The molecule has 2 N–H and O–H groups in total. The zero-order valence-corrected chi connectivity index (χ0v) is 16.5. The van der Waals surface area contributed by atoms with Crippen molar-refractivity contribution in [2.45, 2.75) is 70.6 Å². The summed E-state index contributed by atoms with van der Waals surface area (Å²) in [6.45, 7) is 6.44. The molecule has 0 atom stereocenters. The van der Waals surface area contributed by atoms with Gasteiger partial charge in [0, 0.05) is 12.1 Å². The molecule has 0 spiro atoms. The third-order valence-corrected chi connectivity index (χ3v) is 5.57. The van der Waals surface area contributed by atoms with Gasteiger partial charge in [-0.25, -0.2) is 9.59 Å². The van der Waals surface area contributed by atoms with E-state index in [1.54, 1.807) is 0 Å². The lowest BCUT2D eigenvalue weighted by Gasteiger charge is -2.30. The van der Waals surface area contributed by atoms with E-state index in [1.165, 1.54) is 0 Å². The first kappa shape index (κ1) is 19.5. The number of hydrogen-bond acceptors (Lipinski definition) is 4. The Kier molecular flexibility index (Phi) is 5.36. The maximum atomic E-state index is 12.2. The smallest absolute Gasteiger partial charge is 0.408 e. The summed E-state index contributed by atoms with van der Waals surface area (Å²) >= 11 is 0. The molecule has 0 radical (unpaired) electrons. The molecule has 0 unspecified atom stereocenters. The van der Waals surface area contributed by atoms with Gasteiger partial charge in [0.2, 0.25) is 0 Å². The lowest BCUT2D eigenvalue weighted by Crippen LogP contribution is -2.47. The number of amides is 2. The van der Waals surface area contributed by atoms with Crippen LogP contribution in [-0.4, -0.2) is 29.9 Å². The first-order valence-electron chi connectivity index (χ1n) is 9.65. The topological polar surface area (TPSA) is 76.7 Å². The van der Waals surface area contributed by atoms with Gasteiger partial charge in [-0.05, 0) is 63.9 Å². The fraction of sp³-hybridized carbons (Fsp3) is 0.619. The van der Waals surface area contributed by atoms with Crippen LogP contribution < -0.4 is 10.6 Å². The van der Waals surface area contributed by atoms with Crippen molar-refractivity contribution < 1.29 is 19.1 Å². The van der Waals surface area contributed by atoms with Crippen molar-refractivity contribution in [1.82, 2.24) is 10.6 Å². The number of carbonyl (C=O) groups excluding carboxylic acids is 2. The van der Waals surface area contributed by atoms with E-state index in [-0.39, 0.29) is 23.7 Å². The second-order valence-corrected chi connectivity index (χ2v) is 9.00. The molecule has 2 bridgehead atoms. The van der Waals surface area contributed by atoms with E-state index in [2.05, 4.69) is 10.6 Å². The minimum Gasteiger partial charge on any atom is -0.445 e. The molecular formula is C21H30N2O4. The first-order chi connectivity index (χ1) is 12.7. The number of fused-ring (bicyclic) bond motifs is 2. The van der Waals surface area contributed by atoms with Crippen LogP contribution in [0.2, 0.25) is 0 Å². The van der Waals surface area contributed by atoms with Gasteiger partial charge in [0.05, 0.1) is 0 Å². The Bertz CT molecular complexity index is 673. The van der Waals surface area contributed by atoms with Crippen LogP contribution in [0.3, 0.4) is 0 Å². The fourth-order valence-electron chi connectivity index (χ4n) is 4.29. The highest BCUT2D eigenvalue weighted by atomic mass is 16.6. The lowest BCUT2D eigenvalue weighted by atomic mass is 9.84. The molecule has 1 aromatic rings. The van der Waals surface area contributed by atoms with Crippen molar-refractivity contribution >= 4 is 12.2 Å². The van der Waals surface area contributed by atoms with Gasteiger partial charge in [0.1, 0.15) is 12.2 Å². The largest absolute Gasteiger partial charge is 0.445 e. The molecule has 6 nitrogen and oxygen atoms in total. The monoisotopic (exact) mass is 374 g/mol. The Morgan fingerprint density at radius 2 is 1.70 bits per heavy atom. The van der Waals surface area contributed by atoms with Gasteiger partial charge in [-0.1, -0.05) is 30.3 Å². The minimum atomic E-state index is -0.501. The van der Waals surface area contributed by atoms with Gasteiger partial charge in [-0.2, -0.15) is 0 Å². The van der Waals surface area contributed by atoms with Crippen LogP contribution in [0.4, 0.5) is 9.59 Å². The van der Waals surface area contributed by atoms with Crippen LogP contribution in [0.25, 0.3) is 0 Å². The van der Waals surface area contributed by atoms with E-state index in [0.717, 1.165) is 37.7 Å². The average molecular weight is 374 g/mol. The normalized spacial score (nSPS) is 26.5. The molecule has 2 aliphatic rings. The van der Waals surface area contributed by atoms with Crippen molar-refractivity contribution in [3.63, 3.8) is 0 Å². The Morgan fingerprint density at radius 3 is 2.33 bits per heavy atom. The highest BCUT2D eigenvalue weighted by Crippen LogP contribution is 2.56. The van der Waals surface area contributed by atoms with E-state index in [0.29, 0.717) is 6.54 Å². The lowest BCUT2D eigenvalue weighted by molar-refractivity contribution is 0.0458. The predicted molar refractivity (Wildman–Crippen MR) is 102 cm³/mol. The molecule has 2 amide bonds. The van der Waals surface area contributed by atoms with E-state index in [1.807, 2.05) is 51.1 Å². The third-order valence-electron chi connectivity index (χ3n) is 5.57. The molecule has 148 valence electrons. The molecule has 1 aromatic carbocycles. The number of ether oxygens (including phenoxy) is 2. The number of benzene rings is 1. The summed E-state index contributed by atoms with van der Waals surface area (Å²) in [5.74, 6) is 0. The third kappa shape index (κ3) is 5.15. The summed E-state index contributed by atoms with van der Waals surface area (Å²) in [7, 11) is 0. The summed E-state index contributed by atoms with van der Waals surface area (Å²) in [5.41, 5.74) is 0.311. The Labute approximate surface area is 161 Å².